The number of nitrogens with zero attached hydrogens (tertiary/aromatic N) is 3. The molecule has 0 unspecified atom stereocenters. The van der Waals surface area contributed by atoms with Crippen LogP contribution < -0.4 is 0 Å². The van der Waals surface area contributed by atoms with Gasteiger partial charge in [-0.15, -0.1) is 0 Å². The van der Waals surface area contributed by atoms with E-state index >= 15 is 0 Å². The Morgan fingerprint density at radius 2 is 1.86 bits per heavy atom. The second-order valence-electron chi connectivity index (χ2n) is 6.18. The second kappa shape index (κ2) is 7.11. The lowest BCUT2D eigenvalue weighted by Gasteiger charge is -2.40. The van der Waals surface area contributed by atoms with Crippen LogP contribution in [0.15, 0.2) is 0 Å². The fraction of sp³-hybridized carbons (Fsp3) is 0.867. The molecular formula is C15H27N3O3. The van der Waals surface area contributed by atoms with E-state index in [1.165, 1.54) is 0 Å². The molecule has 21 heavy (non-hydrogen) atoms. The first-order chi connectivity index (χ1) is 10.0. The molecule has 120 valence electrons. The molecule has 0 spiro atoms. The first kappa shape index (κ1) is 16.1. The van der Waals surface area contributed by atoms with Gasteiger partial charge < -0.3 is 19.8 Å². The van der Waals surface area contributed by atoms with E-state index in [2.05, 4.69) is 11.8 Å². The normalized spacial score (nSPS) is 24.9. The standard InChI is InChI=1S/C15H27N3O3/c1-3-17-9-6-13(7-10-17)16(2)15(21)18-8-4-5-12(11-18)14(19)20/h12-13H,3-11H2,1-2H3,(H,19,20)/t12-/m1/s1. The topological polar surface area (TPSA) is 64.1 Å². The molecule has 2 aliphatic heterocycles. The summed E-state index contributed by atoms with van der Waals surface area (Å²) in [4.78, 5) is 29.6. The molecule has 0 radical (unpaired) electrons. The molecule has 2 amide bonds. The first-order valence-corrected chi connectivity index (χ1v) is 7.99. The number of aliphatic carboxylic acids is 1. The van der Waals surface area contributed by atoms with Crippen LogP contribution in [0.25, 0.3) is 0 Å². The van der Waals surface area contributed by atoms with Crippen molar-refractivity contribution in [3.8, 4) is 0 Å². The first-order valence-electron chi connectivity index (χ1n) is 7.99. The van der Waals surface area contributed by atoms with Gasteiger partial charge in [0, 0.05) is 39.3 Å². The van der Waals surface area contributed by atoms with Crippen LogP contribution in [0.2, 0.25) is 0 Å². The number of carbonyl (C=O) groups excluding carboxylic acids is 1. The summed E-state index contributed by atoms with van der Waals surface area (Å²) in [6, 6.07) is 0.279. The van der Waals surface area contributed by atoms with Gasteiger partial charge in [0.05, 0.1) is 5.92 Å². The Labute approximate surface area is 126 Å². The van der Waals surface area contributed by atoms with Crippen molar-refractivity contribution >= 4 is 12.0 Å². The second-order valence-corrected chi connectivity index (χ2v) is 6.18. The van der Waals surface area contributed by atoms with Crippen LogP contribution in [0.3, 0.4) is 0 Å². The third-order valence-electron chi connectivity index (χ3n) is 4.89. The zero-order valence-electron chi connectivity index (χ0n) is 13.1. The number of carboxylic acids is 1. The van der Waals surface area contributed by atoms with Gasteiger partial charge in [-0.2, -0.15) is 0 Å². The Balaban J connectivity index is 1.88. The monoisotopic (exact) mass is 297 g/mol. The van der Waals surface area contributed by atoms with Crippen molar-refractivity contribution in [1.29, 1.82) is 0 Å². The molecule has 1 atom stereocenters. The van der Waals surface area contributed by atoms with E-state index in [0.29, 0.717) is 19.5 Å². The van der Waals surface area contributed by atoms with E-state index < -0.39 is 11.9 Å². The molecule has 1 N–H and O–H groups in total. The Morgan fingerprint density at radius 3 is 2.43 bits per heavy atom. The minimum Gasteiger partial charge on any atom is -0.481 e. The zero-order valence-corrected chi connectivity index (χ0v) is 13.1. The highest BCUT2D eigenvalue weighted by Gasteiger charge is 2.32. The predicted molar refractivity (Wildman–Crippen MR) is 80.2 cm³/mol. The van der Waals surface area contributed by atoms with Crippen LogP contribution in [0.5, 0.6) is 0 Å². The Hall–Kier alpha value is -1.30. The average molecular weight is 297 g/mol. The number of hydrogen-bond acceptors (Lipinski definition) is 3. The summed E-state index contributed by atoms with van der Waals surface area (Å²) in [5.74, 6) is -1.19. The molecule has 2 rings (SSSR count). The van der Waals surface area contributed by atoms with Gasteiger partial charge in [0.15, 0.2) is 0 Å². The maximum absolute atomic E-state index is 12.6. The Kier molecular flexibility index (Phi) is 5.45. The third kappa shape index (κ3) is 3.87. The predicted octanol–water partition coefficient (Wildman–Crippen LogP) is 1.32. The zero-order chi connectivity index (χ0) is 15.4. The highest BCUT2D eigenvalue weighted by molar-refractivity contribution is 5.76. The van der Waals surface area contributed by atoms with Gasteiger partial charge in [-0.25, -0.2) is 4.79 Å². The van der Waals surface area contributed by atoms with Crippen molar-refractivity contribution in [1.82, 2.24) is 14.7 Å². The van der Waals surface area contributed by atoms with Crippen LogP contribution in [0, 0.1) is 5.92 Å². The Bertz CT molecular complexity index is 380. The van der Waals surface area contributed by atoms with Crippen molar-refractivity contribution in [3.63, 3.8) is 0 Å². The summed E-state index contributed by atoms with van der Waals surface area (Å²) >= 11 is 0. The fourth-order valence-electron chi connectivity index (χ4n) is 3.35. The van der Waals surface area contributed by atoms with Crippen molar-refractivity contribution < 1.29 is 14.7 Å². The lowest BCUT2D eigenvalue weighted by molar-refractivity contribution is -0.143. The van der Waals surface area contributed by atoms with Crippen LogP contribution >= 0.6 is 0 Å². The van der Waals surface area contributed by atoms with Gasteiger partial charge in [0.25, 0.3) is 0 Å². The number of hydrogen-bond donors (Lipinski definition) is 1. The highest BCUT2D eigenvalue weighted by atomic mass is 16.4. The number of amides is 2. The van der Waals surface area contributed by atoms with E-state index in [0.717, 1.165) is 38.9 Å². The van der Waals surface area contributed by atoms with E-state index in [1.807, 2.05) is 11.9 Å². The van der Waals surface area contributed by atoms with Gasteiger partial charge in [0.2, 0.25) is 0 Å². The molecule has 6 heteroatoms. The molecule has 0 bridgehead atoms. The van der Waals surface area contributed by atoms with Crippen molar-refractivity contribution in [2.75, 3.05) is 39.8 Å². The van der Waals surface area contributed by atoms with Gasteiger partial charge in [0.1, 0.15) is 0 Å². The molecule has 2 heterocycles. The largest absolute Gasteiger partial charge is 0.481 e. The van der Waals surface area contributed by atoms with E-state index in [4.69, 9.17) is 5.11 Å². The number of carbonyl (C=O) groups is 2. The van der Waals surface area contributed by atoms with E-state index in [9.17, 15) is 9.59 Å². The van der Waals surface area contributed by atoms with Crippen molar-refractivity contribution in [2.45, 2.75) is 38.6 Å². The lowest BCUT2D eigenvalue weighted by atomic mass is 9.98. The van der Waals surface area contributed by atoms with Gasteiger partial charge in [-0.05, 0) is 32.2 Å². The molecule has 0 aliphatic carbocycles. The average Bonchev–Trinajstić information content (AvgIpc) is 2.53. The highest BCUT2D eigenvalue weighted by Crippen LogP contribution is 2.21. The van der Waals surface area contributed by atoms with E-state index in [-0.39, 0.29) is 12.1 Å². The molecule has 0 aromatic rings. The van der Waals surface area contributed by atoms with Gasteiger partial charge in [-0.1, -0.05) is 6.92 Å². The van der Waals surface area contributed by atoms with E-state index in [1.54, 1.807) is 4.90 Å². The summed E-state index contributed by atoms with van der Waals surface area (Å²) in [6.07, 6.45) is 3.47. The molecule has 2 aliphatic rings. The summed E-state index contributed by atoms with van der Waals surface area (Å²) in [6.45, 7) is 6.34. The van der Waals surface area contributed by atoms with Crippen molar-refractivity contribution in [3.05, 3.63) is 0 Å². The number of likely N-dealkylation sites (tertiary alicyclic amines) is 2. The van der Waals surface area contributed by atoms with Crippen molar-refractivity contribution in [2.24, 2.45) is 5.92 Å². The summed E-state index contributed by atoms with van der Waals surface area (Å²) in [5, 5.41) is 9.12. The maximum atomic E-state index is 12.6. The summed E-state index contributed by atoms with van der Waals surface area (Å²) in [5.41, 5.74) is 0. The molecule has 6 nitrogen and oxygen atoms in total. The smallest absolute Gasteiger partial charge is 0.320 e. The van der Waals surface area contributed by atoms with Crippen LogP contribution in [-0.4, -0.2) is 77.6 Å². The summed E-state index contributed by atoms with van der Waals surface area (Å²) < 4.78 is 0. The molecular weight excluding hydrogens is 270 g/mol. The molecule has 0 saturated carbocycles. The summed E-state index contributed by atoms with van der Waals surface area (Å²) in [7, 11) is 1.86. The molecule has 2 fully saturated rings. The number of urea groups is 1. The molecule has 2 saturated heterocycles. The fourth-order valence-corrected chi connectivity index (χ4v) is 3.35. The van der Waals surface area contributed by atoms with Crippen LogP contribution in [0.1, 0.15) is 32.6 Å². The quantitative estimate of drug-likeness (QED) is 0.853. The SMILES string of the molecule is CCN1CCC(N(C)C(=O)N2CCC[C@@H](C(=O)O)C2)CC1. The minimum atomic E-state index is -0.786. The number of carboxylic acid groups (broad SMARTS) is 1. The number of piperidine rings is 2. The third-order valence-corrected chi connectivity index (χ3v) is 4.89. The molecule has 0 aromatic carbocycles. The van der Waals surface area contributed by atoms with Crippen LogP contribution in [-0.2, 0) is 4.79 Å². The number of rotatable bonds is 3. The Morgan fingerprint density at radius 1 is 1.19 bits per heavy atom. The maximum Gasteiger partial charge on any atom is 0.320 e. The minimum absolute atomic E-state index is 0.00380. The van der Waals surface area contributed by atoms with Gasteiger partial charge >= 0.3 is 12.0 Å². The molecule has 0 aromatic heterocycles. The van der Waals surface area contributed by atoms with Gasteiger partial charge in [-0.3, -0.25) is 4.79 Å². The van der Waals surface area contributed by atoms with Crippen LogP contribution in [0.4, 0.5) is 4.79 Å². The lowest BCUT2D eigenvalue weighted by Crippen LogP contribution is -2.52.